The minimum atomic E-state index is -4.35. The van der Waals surface area contributed by atoms with Crippen LogP contribution in [0.5, 0.6) is 0 Å². The van der Waals surface area contributed by atoms with E-state index < -0.39 is 13.3 Å². The van der Waals surface area contributed by atoms with Crippen molar-refractivity contribution in [2.75, 3.05) is 0 Å². The monoisotopic (exact) mass is 294 g/mol. The molecule has 3 rings (SSSR count). The number of nitrogens with one attached hydrogen (secondary N) is 1. The molecule has 1 atom stereocenters. The lowest BCUT2D eigenvalue weighted by Crippen LogP contribution is -2.06. The molecular formula is C10H11N6O3P. The molecule has 1 unspecified atom stereocenters. The van der Waals surface area contributed by atoms with Crippen molar-refractivity contribution in [2.45, 2.75) is 12.1 Å². The van der Waals surface area contributed by atoms with Gasteiger partial charge in [-0.25, -0.2) is 4.98 Å². The van der Waals surface area contributed by atoms with Crippen LogP contribution in [-0.2, 0) is 11.0 Å². The first-order chi connectivity index (χ1) is 9.54. The van der Waals surface area contributed by atoms with Gasteiger partial charge in [-0.2, -0.15) is 5.21 Å². The lowest BCUT2D eigenvalue weighted by molar-refractivity contribution is 0.357. The molecule has 3 aromatic rings. The van der Waals surface area contributed by atoms with E-state index >= 15 is 0 Å². The number of fused-ring (bicyclic) bond motifs is 1. The lowest BCUT2D eigenvalue weighted by atomic mass is 10.1. The molecule has 0 bridgehead atoms. The molecule has 3 heterocycles. The van der Waals surface area contributed by atoms with Crippen molar-refractivity contribution in [1.82, 2.24) is 30.0 Å². The second-order valence-electron chi connectivity index (χ2n) is 4.29. The van der Waals surface area contributed by atoms with Crippen LogP contribution in [-0.4, -0.2) is 39.8 Å². The number of hydrogen-bond donors (Lipinski definition) is 3. The summed E-state index contributed by atoms with van der Waals surface area (Å²) in [5.74, 6) is 0.254. The van der Waals surface area contributed by atoms with Crippen molar-refractivity contribution >= 4 is 13.2 Å². The summed E-state index contributed by atoms with van der Waals surface area (Å²) in [6.07, 6.45) is 4.97. The molecule has 3 N–H and O–H groups in total. The highest BCUT2D eigenvalue weighted by atomic mass is 31.2. The predicted octanol–water partition coefficient (Wildman–Crippen LogP) is 0.309. The molecule has 10 heteroatoms. The molecule has 104 valence electrons. The molecule has 0 radical (unpaired) electrons. The van der Waals surface area contributed by atoms with Gasteiger partial charge < -0.3 is 14.2 Å². The smallest absolute Gasteiger partial charge is 0.324 e. The number of imidazole rings is 1. The second-order valence-corrected chi connectivity index (χ2v) is 6.09. The van der Waals surface area contributed by atoms with E-state index in [4.69, 9.17) is 0 Å². The number of pyridine rings is 1. The summed E-state index contributed by atoms with van der Waals surface area (Å²) in [6, 6.07) is 3.35. The van der Waals surface area contributed by atoms with Crippen molar-refractivity contribution in [3.8, 4) is 0 Å². The van der Waals surface area contributed by atoms with Gasteiger partial charge in [-0.05, 0) is 11.6 Å². The van der Waals surface area contributed by atoms with Crippen LogP contribution in [0.3, 0.4) is 0 Å². The van der Waals surface area contributed by atoms with Gasteiger partial charge in [0.05, 0.1) is 5.66 Å². The summed E-state index contributed by atoms with van der Waals surface area (Å²) in [6.45, 7) is 0. The zero-order chi connectivity index (χ0) is 14.2. The maximum atomic E-state index is 11.7. The van der Waals surface area contributed by atoms with Gasteiger partial charge in [0.15, 0.2) is 5.82 Å². The first kappa shape index (κ1) is 12.9. The number of nitrogens with zero attached hydrogens (tertiary/aromatic N) is 5. The first-order valence-electron chi connectivity index (χ1n) is 5.74. The lowest BCUT2D eigenvalue weighted by Gasteiger charge is -2.17. The van der Waals surface area contributed by atoms with Gasteiger partial charge in [-0.15, -0.1) is 10.2 Å². The molecule has 0 saturated heterocycles. The van der Waals surface area contributed by atoms with Crippen molar-refractivity contribution in [2.24, 2.45) is 0 Å². The Morgan fingerprint density at radius 2 is 2.25 bits per heavy atom. The van der Waals surface area contributed by atoms with E-state index in [2.05, 4.69) is 25.6 Å². The number of hydrogen-bond acceptors (Lipinski definition) is 5. The van der Waals surface area contributed by atoms with Gasteiger partial charge in [0.2, 0.25) is 0 Å². The van der Waals surface area contributed by atoms with E-state index in [0.717, 1.165) is 0 Å². The van der Waals surface area contributed by atoms with Crippen LogP contribution in [0.4, 0.5) is 0 Å². The van der Waals surface area contributed by atoms with E-state index in [1.54, 1.807) is 35.1 Å². The SMILES string of the molecule is O=P(O)(O)C(Cc1nn[nH]n1)c1ccc2nccn2c1. The van der Waals surface area contributed by atoms with Crippen molar-refractivity contribution in [3.63, 3.8) is 0 Å². The van der Waals surface area contributed by atoms with Crippen LogP contribution < -0.4 is 0 Å². The molecule has 0 amide bonds. The molecule has 0 spiro atoms. The van der Waals surface area contributed by atoms with E-state index in [1.807, 2.05) is 0 Å². The summed E-state index contributed by atoms with van der Waals surface area (Å²) >= 11 is 0. The van der Waals surface area contributed by atoms with Gasteiger partial charge in [-0.1, -0.05) is 11.3 Å². The summed E-state index contributed by atoms with van der Waals surface area (Å²) in [5.41, 5.74) is 0.179. The zero-order valence-electron chi connectivity index (χ0n) is 10.2. The highest BCUT2D eigenvalue weighted by molar-refractivity contribution is 7.52. The van der Waals surface area contributed by atoms with E-state index in [0.29, 0.717) is 11.2 Å². The number of H-pyrrole nitrogens is 1. The summed E-state index contributed by atoms with van der Waals surface area (Å²) in [4.78, 5) is 23.2. The third kappa shape index (κ3) is 2.46. The van der Waals surface area contributed by atoms with Crippen molar-refractivity contribution in [3.05, 3.63) is 42.1 Å². The Bertz CT molecular complexity index is 764. The average Bonchev–Trinajstić information content (AvgIpc) is 3.05. The fraction of sp³-hybridized carbons (Fsp3) is 0.200. The Hall–Kier alpha value is -2.09. The van der Waals surface area contributed by atoms with Crippen LogP contribution in [0.1, 0.15) is 17.0 Å². The molecular weight excluding hydrogens is 283 g/mol. The fourth-order valence-electron chi connectivity index (χ4n) is 2.01. The van der Waals surface area contributed by atoms with E-state index in [1.165, 1.54) is 0 Å². The zero-order valence-corrected chi connectivity index (χ0v) is 11.1. The van der Waals surface area contributed by atoms with E-state index in [-0.39, 0.29) is 12.2 Å². The molecule has 0 fully saturated rings. The van der Waals surface area contributed by atoms with Crippen LogP contribution >= 0.6 is 7.60 Å². The molecule has 3 aromatic heterocycles. The predicted molar refractivity (Wildman–Crippen MR) is 67.9 cm³/mol. The Balaban J connectivity index is 2.01. The largest absolute Gasteiger partial charge is 0.333 e. The van der Waals surface area contributed by atoms with Gasteiger partial charge in [-0.3, -0.25) is 4.57 Å². The number of aromatic nitrogens is 6. The standard InChI is InChI=1S/C10H11N6O3P/c17-20(18,19)8(5-9-12-14-15-13-9)7-1-2-10-11-3-4-16(10)6-7/h1-4,6,8H,5H2,(H2,17,18,19)(H,12,13,14,15). The normalized spacial score (nSPS) is 13.7. The Morgan fingerprint density at radius 1 is 1.40 bits per heavy atom. The summed E-state index contributed by atoms with van der Waals surface area (Å²) in [7, 11) is -4.35. The van der Waals surface area contributed by atoms with Crippen LogP contribution in [0.15, 0.2) is 30.7 Å². The topological polar surface area (TPSA) is 129 Å². The van der Waals surface area contributed by atoms with Crippen molar-refractivity contribution < 1.29 is 14.4 Å². The summed E-state index contributed by atoms with van der Waals surface area (Å²) < 4.78 is 13.4. The molecule has 0 aliphatic carbocycles. The molecule has 9 nitrogen and oxygen atoms in total. The first-order valence-corrected chi connectivity index (χ1v) is 7.42. The van der Waals surface area contributed by atoms with E-state index in [9.17, 15) is 14.4 Å². The van der Waals surface area contributed by atoms with Gasteiger partial charge >= 0.3 is 7.60 Å². The van der Waals surface area contributed by atoms with Gasteiger partial charge in [0.1, 0.15) is 5.65 Å². The molecule has 0 aliphatic heterocycles. The highest BCUT2D eigenvalue weighted by Crippen LogP contribution is 2.53. The minimum Gasteiger partial charge on any atom is -0.324 e. The Morgan fingerprint density at radius 3 is 2.95 bits per heavy atom. The molecule has 0 saturated carbocycles. The maximum Gasteiger partial charge on any atom is 0.333 e. The highest BCUT2D eigenvalue weighted by Gasteiger charge is 2.32. The quantitative estimate of drug-likeness (QED) is 0.590. The molecule has 0 aliphatic rings. The second kappa shape index (κ2) is 4.78. The summed E-state index contributed by atoms with van der Waals surface area (Å²) in [5, 5.41) is 13.1. The Kier molecular flexibility index (Phi) is 3.09. The molecule has 20 heavy (non-hydrogen) atoms. The maximum absolute atomic E-state index is 11.7. The molecule has 0 aromatic carbocycles. The number of rotatable bonds is 4. The van der Waals surface area contributed by atoms with Gasteiger partial charge in [0, 0.05) is 25.0 Å². The minimum absolute atomic E-state index is 0.000974. The third-order valence-electron chi connectivity index (χ3n) is 2.97. The number of aromatic amines is 1. The van der Waals surface area contributed by atoms with Gasteiger partial charge in [0.25, 0.3) is 0 Å². The average molecular weight is 294 g/mol. The Labute approximate surface area is 112 Å². The van der Waals surface area contributed by atoms with Crippen LogP contribution in [0.25, 0.3) is 5.65 Å². The fourth-order valence-corrected chi connectivity index (χ4v) is 2.95. The number of tetrazole rings is 1. The third-order valence-corrected chi connectivity index (χ3v) is 4.26. The van der Waals surface area contributed by atoms with Crippen LogP contribution in [0.2, 0.25) is 0 Å². The van der Waals surface area contributed by atoms with Crippen molar-refractivity contribution in [1.29, 1.82) is 0 Å². The van der Waals surface area contributed by atoms with Crippen LogP contribution in [0, 0.1) is 0 Å².